The van der Waals surface area contributed by atoms with Crippen LogP contribution in [0.2, 0.25) is 0 Å². The van der Waals surface area contributed by atoms with Crippen LogP contribution in [0.25, 0.3) is 0 Å². The van der Waals surface area contributed by atoms with Gasteiger partial charge in [0.1, 0.15) is 0 Å². The van der Waals surface area contributed by atoms with Gasteiger partial charge in [0.25, 0.3) is 0 Å². The molecule has 14 heavy (non-hydrogen) atoms. The maximum atomic E-state index is 10.9. The van der Waals surface area contributed by atoms with E-state index in [1.807, 2.05) is 0 Å². The molecular formula is C10H18N2O2. The van der Waals surface area contributed by atoms with Crippen LogP contribution in [0.1, 0.15) is 32.1 Å². The molecule has 3 N–H and O–H groups in total. The first kappa shape index (κ1) is 9.93. The Morgan fingerprint density at radius 1 is 1.50 bits per heavy atom. The Morgan fingerprint density at radius 2 is 2.21 bits per heavy atom. The van der Waals surface area contributed by atoms with Crippen molar-refractivity contribution in [3.05, 3.63) is 0 Å². The molecule has 0 radical (unpaired) electrons. The smallest absolute Gasteiger partial charge is 0.221 e. The molecule has 4 heteroatoms. The van der Waals surface area contributed by atoms with E-state index in [9.17, 15) is 9.90 Å². The number of aliphatic hydroxyl groups is 1. The van der Waals surface area contributed by atoms with E-state index in [1.54, 1.807) is 0 Å². The van der Waals surface area contributed by atoms with Gasteiger partial charge in [0.2, 0.25) is 5.91 Å². The fourth-order valence-corrected chi connectivity index (χ4v) is 2.29. The zero-order chi connectivity index (χ0) is 10.0. The number of hydrogen-bond acceptors (Lipinski definition) is 3. The third-order valence-corrected chi connectivity index (χ3v) is 3.23. The highest BCUT2D eigenvalue weighted by molar-refractivity contribution is 5.78. The molecule has 1 amide bonds. The van der Waals surface area contributed by atoms with Crippen molar-refractivity contribution in [2.75, 3.05) is 13.1 Å². The van der Waals surface area contributed by atoms with Crippen molar-refractivity contribution in [2.45, 2.75) is 43.7 Å². The lowest BCUT2D eigenvalue weighted by Crippen LogP contribution is -2.43. The van der Waals surface area contributed by atoms with Crippen molar-refractivity contribution >= 4 is 5.91 Å². The second-order valence-electron chi connectivity index (χ2n) is 4.52. The molecular weight excluding hydrogens is 180 g/mol. The second-order valence-corrected chi connectivity index (χ2v) is 4.52. The summed E-state index contributed by atoms with van der Waals surface area (Å²) in [7, 11) is 0. The van der Waals surface area contributed by atoms with Gasteiger partial charge in [-0.25, -0.2) is 0 Å². The van der Waals surface area contributed by atoms with Crippen LogP contribution in [-0.4, -0.2) is 35.7 Å². The molecule has 1 unspecified atom stereocenters. The Labute approximate surface area is 84.1 Å². The fourth-order valence-electron chi connectivity index (χ4n) is 2.29. The van der Waals surface area contributed by atoms with Crippen LogP contribution in [0.3, 0.4) is 0 Å². The highest BCUT2D eigenvalue weighted by atomic mass is 16.3. The zero-order valence-electron chi connectivity index (χ0n) is 8.38. The molecule has 1 aliphatic carbocycles. The van der Waals surface area contributed by atoms with Gasteiger partial charge in [-0.2, -0.15) is 0 Å². The Bertz CT molecular complexity index is 224. The largest absolute Gasteiger partial charge is 0.389 e. The number of rotatable bonds is 3. The monoisotopic (exact) mass is 198 g/mol. The molecule has 0 aromatic carbocycles. The first-order valence-corrected chi connectivity index (χ1v) is 5.40. The Balaban J connectivity index is 1.74. The first-order valence-electron chi connectivity index (χ1n) is 5.40. The van der Waals surface area contributed by atoms with Gasteiger partial charge in [-0.3, -0.25) is 4.79 Å². The third-order valence-electron chi connectivity index (χ3n) is 3.23. The Morgan fingerprint density at radius 3 is 2.79 bits per heavy atom. The van der Waals surface area contributed by atoms with Gasteiger partial charge in [0.15, 0.2) is 0 Å². The molecule has 0 spiro atoms. The number of nitrogens with one attached hydrogen (secondary N) is 2. The Kier molecular flexibility index (Phi) is 2.74. The molecule has 80 valence electrons. The normalized spacial score (nSPS) is 30.6. The van der Waals surface area contributed by atoms with Gasteiger partial charge in [0.05, 0.1) is 5.60 Å². The summed E-state index contributed by atoms with van der Waals surface area (Å²) in [5.41, 5.74) is -0.508. The average Bonchev–Trinajstić information content (AvgIpc) is 2.73. The Hall–Kier alpha value is -0.610. The predicted molar refractivity (Wildman–Crippen MR) is 52.8 cm³/mol. The van der Waals surface area contributed by atoms with Crippen LogP contribution in [0, 0.1) is 0 Å². The van der Waals surface area contributed by atoms with E-state index < -0.39 is 5.60 Å². The van der Waals surface area contributed by atoms with Gasteiger partial charge in [-0.15, -0.1) is 0 Å². The van der Waals surface area contributed by atoms with Crippen LogP contribution >= 0.6 is 0 Å². The van der Waals surface area contributed by atoms with E-state index in [-0.39, 0.29) is 11.9 Å². The van der Waals surface area contributed by atoms with Gasteiger partial charge in [-0.05, 0) is 12.8 Å². The van der Waals surface area contributed by atoms with Crippen molar-refractivity contribution in [2.24, 2.45) is 0 Å². The lowest BCUT2D eigenvalue weighted by molar-refractivity contribution is -0.119. The van der Waals surface area contributed by atoms with Gasteiger partial charge in [0, 0.05) is 25.6 Å². The van der Waals surface area contributed by atoms with Crippen LogP contribution in [0.4, 0.5) is 0 Å². The van der Waals surface area contributed by atoms with E-state index in [0.717, 1.165) is 25.7 Å². The molecule has 1 heterocycles. The predicted octanol–water partition coefficient (Wildman–Crippen LogP) is -0.230. The molecule has 1 saturated carbocycles. The topological polar surface area (TPSA) is 61.4 Å². The number of hydrogen-bond donors (Lipinski definition) is 3. The van der Waals surface area contributed by atoms with Crippen LogP contribution in [-0.2, 0) is 4.79 Å². The van der Waals surface area contributed by atoms with Crippen molar-refractivity contribution in [1.29, 1.82) is 0 Å². The van der Waals surface area contributed by atoms with Crippen molar-refractivity contribution < 1.29 is 9.90 Å². The maximum Gasteiger partial charge on any atom is 0.221 e. The summed E-state index contributed by atoms with van der Waals surface area (Å²) < 4.78 is 0. The minimum absolute atomic E-state index is 0.112. The summed E-state index contributed by atoms with van der Waals surface area (Å²) in [4.78, 5) is 10.9. The van der Waals surface area contributed by atoms with E-state index in [1.165, 1.54) is 0 Å². The minimum Gasteiger partial charge on any atom is -0.389 e. The number of carbonyl (C=O) groups excluding carboxylic acids is 1. The molecule has 4 nitrogen and oxygen atoms in total. The summed E-state index contributed by atoms with van der Waals surface area (Å²) in [6.45, 7) is 1.33. The summed E-state index contributed by atoms with van der Waals surface area (Å²) in [6.07, 6.45) is 4.60. The molecule has 1 atom stereocenters. The quantitative estimate of drug-likeness (QED) is 0.587. The first-order chi connectivity index (χ1) is 6.68. The van der Waals surface area contributed by atoms with Gasteiger partial charge in [-0.1, -0.05) is 12.8 Å². The highest BCUT2D eigenvalue weighted by Crippen LogP contribution is 2.28. The third kappa shape index (κ3) is 2.25. The SMILES string of the molecule is O=C1CC(NCC2(O)CCCC2)CN1. The average molecular weight is 198 g/mol. The maximum absolute atomic E-state index is 10.9. The lowest BCUT2D eigenvalue weighted by atomic mass is 10.0. The molecule has 0 aromatic rings. The summed E-state index contributed by atoms with van der Waals surface area (Å²) in [6, 6.07) is 0.215. The molecule has 2 fully saturated rings. The van der Waals surface area contributed by atoms with Crippen molar-refractivity contribution in [3.8, 4) is 0 Å². The standard InChI is InChI=1S/C10H18N2O2/c13-9-5-8(6-11-9)12-7-10(14)3-1-2-4-10/h8,12,14H,1-7H2,(H,11,13). The zero-order valence-corrected chi connectivity index (χ0v) is 8.38. The van der Waals surface area contributed by atoms with Gasteiger partial charge < -0.3 is 15.7 Å². The summed E-state index contributed by atoms with van der Waals surface area (Å²) in [5, 5.41) is 16.1. The molecule has 0 bridgehead atoms. The van der Waals surface area contributed by atoms with Crippen molar-refractivity contribution in [3.63, 3.8) is 0 Å². The number of carbonyl (C=O) groups is 1. The summed E-state index contributed by atoms with van der Waals surface area (Å²) >= 11 is 0. The molecule has 0 aromatic heterocycles. The highest BCUT2D eigenvalue weighted by Gasteiger charge is 2.32. The minimum atomic E-state index is -0.508. The second kappa shape index (κ2) is 3.87. The molecule has 2 aliphatic rings. The van der Waals surface area contributed by atoms with E-state index in [0.29, 0.717) is 19.5 Å². The summed E-state index contributed by atoms with van der Waals surface area (Å²) in [5.74, 6) is 0.112. The molecule has 1 aliphatic heterocycles. The molecule has 1 saturated heterocycles. The van der Waals surface area contributed by atoms with Crippen molar-refractivity contribution in [1.82, 2.24) is 10.6 Å². The van der Waals surface area contributed by atoms with Crippen LogP contribution in [0.5, 0.6) is 0 Å². The van der Waals surface area contributed by atoms with E-state index >= 15 is 0 Å². The van der Waals surface area contributed by atoms with E-state index in [2.05, 4.69) is 10.6 Å². The lowest BCUT2D eigenvalue weighted by Gasteiger charge is -2.24. The van der Waals surface area contributed by atoms with Crippen LogP contribution in [0.15, 0.2) is 0 Å². The molecule has 2 rings (SSSR count). The fraction of sp³-hybridized carbons (Fsp3) is 0.900. The van der Waals surface area contributed by atoms with Gasteiger partial charge >= 0.3 is 0 Å². The number of amides is 1. The van der Waals surface area contributed by atoms with Crippen LogP contribution < -0.4 is 10.6 Å². The van der Waals surface area contributed by atoms with E-state index in [4.69, 9.17) is 0 Å².